The largest absolute Gasteiger partial charge is 0.477 e. The summed E-state index contributed by atoms with van der Waals surface area (Å²) >= 11 is 5.94. The van der Waals surface area contributed by atoms with Crippen molar-refractivity contribution in [3.8, 4) is 5.88 Å². The summed E-state index contributed by atoms with van der Waals surface area (Å²) in [6, 6.07) is 13.0. The minimum absolute atomic E-state index is 0.123. The number of hydrogen-bond donors (Lipinski definition) is 1. The third-order valence-corrected chi connectivity index (χ3v) is 5.47. The molecule has 0 atom stereocenters. The number of piperazine rings is 1. The van der Waals surface area contributed by atoms with Crippen molar-refractivity contribution in [2.75, 3.05) is 38.1 Å². The van der Waals surface area contributed by atoms with Crippen LogP contribution in [0.25, 0.3) is 0 Å². The molecule has 1 N–H and O–H groups in total. The molecule has 3 heterocycles. The lowest BCUT2D eigenvalue weighted by atomic mass is 10.2. The maximum Gasteiger partial charge on any atom is 0.323 e. The first-order valence-corrected chi connectivity index (χ1v) is 10.9. The van der Waals surface area contributed by atoms with Crippen LogP contribution >= 0.6 is 11.6 Å². The van der Waals surface area contributed by atoms with E-state index in [0.717, 1.165) is 6.42 Å². The number of carbonyl (C=O) groups is 2. The molecule has 0 bridgehead atoms. The van der Waals surface area contributed by atoms with Crippen LogP contribution in [0.5, 0.6) is 5.88 Å². The van der Waals surface area contributed by atoms with Crippen LogP contribution in [0.3, 0.4) is 0 Å². The molecule has 1 aliphatic heterocycles. The van der Waals surface area contributed by atoms with E-state index in [1.54, 1.807) is 28.1 Å². The van der Waals surface area contributed by atoms with Gasteiger partial charge in [-0.15, -0.1) is 0 Å². The average Bonchev–Trinajstić information content (AvgIpc) is 2.86. The molecule has 0 spiro atoms. The van der Waals surface area contributed by atoms with Gasteiger partial charge >= 0.3 is 6.03 Å². The van der Waals surface area contributed by atoms with Crippen molar-refractivity contribution in [3.63, 3.8) is 0 Å². The number of pyridine rings is 1. The predicted octanol–water partition coefficient (Wildman–Crippen LogP) is 3.14. The van der Waals surface area contributed by atoms with Gasteiger partial charge in [-0.2, -0.15) is 0 Å². The average molecular weight is 467 g/mol. The summed E-state index contributed by atoms with van der Waals surface area (Å²) in [7, 11) is 0. The normalized spacial score (nSPS) is 13.5. The van der Waals surface area contributed by atoms with Gasteiger partial charge in [-0.05, 0) is 11.6 Å². The van der Waals surface area contributed by atoms with E-state index in [4.69, 9.17) is 16.3 Å². The second-order valence-electron chi connectivity index (χ2n) is 7.37. The van der Waals surface area contributed by atoms with Crippen LogP contribution in [-0.4, -0.2) is 69.5 Å². The van der Waals surface area contributed by atoms with Gasteiger partial charge < -0.3 is 14.5 Å². The molecule has 170 valence electrons. The highest BCUT2D eigenvalue weighted by molar-refractivity contribution is 6.32. The molecule has 4 rings (SSSR count). The fourth-order valence-electron chi connectivity index (χ4n) is 3.42. The molecule has 1 fully saturated rings. The van der Waals surface area contributed by atoms with Gasteiger partial charge in [-0.3, -0.25) is 10.1 Å². The number of benzene rings is 1. The van der Waals surface area contributed by atoms with E-state index in [1.807, 2.05) is 30.3 Å². The molecule has 1 aliphatic rings. The van der Waals surface area contributed by atoms with Gasteiger partial charge in [0.05, 0.1) is 6.61 Å². The first-order valence-electron chi connectivity index (χ1n) is 10.5. The summed E-state index contributed by atoms with van der Waals surface area (Å²) in [5.74, 6) is 0.497. The molecule has 1 aromatic carbocycles. The highest BCUT2D eigenvalue weighted by Crippen LogP contribution is 2.17. The summed E-state index contributed by atoms with van der Waals surface area (Å²) in [5.41, 5.74) is 1.68. The van der Waals surface area contributed by atoms with E-state index in [1.165, 1.54) is 18.0 Å². The summed E-state index contributed by atoms with van der Waals surface area (Å²) in [5, 5.41) is 2.77. The van der Waals surface area contributed by atoms with Gasteiger partial charge in [-0.1, -0.05) is 41.9 Å². The number of anilines is 1. The number of amides is 3. The summed E-state index contributed by atoms with van der Waals surface area (Å²) < 4.78 is 5.74. The SMILES string of the molecule is O=C(Nc1nccnc1Cl)N1CCN(C(=O)c2ccnc(OCCc3ccccc3)c2)CC1. The number of halogens is 1. The van der Waals surface area contributed by atoms with E-state index >= 15 is 0 Å². The number of nitrogens with zero attached hydrogens (tertiary/aromatic N) is 5. The lowest BCUT2D eigenvalue weighted by Gasteiger charge is -2.34. The summed E-state index contributed by atoms with van der Waals surface area (Å²) in [6.07, 6.45) is 5.22. The van der Waals surface area contributed by atoms with Gasteiger partial charge in [0.2, 0.25) is 5.88 Å². The topological polar surface area (TPSA) is 101 Å². The predicted molar refractivity (Wildman–Crippen MR) is 123 cm³/mol. The maximum atomic E-state index is 12.9. The number of urea groups is 1. The highest BCUT2D eigenvalue weighted by atomic mass is 35.5. The van der Waals surface area contributed by atoms with Crippen molar-refractivity contribution < 1.29 is 14.3 Å². The number of ether oxygens (including phenoxy) is 1. The van der Waals surface area contributed by atoms with E-state index in [0.29, 0.717) is 44.2 Å². The van der Waals surface area contributed by atoms with Crippen molar-refractivity contribution in [2.45, 2.75) is 6.42 Å². The number of aromatic nitrogens is 3. The molecule has 33 heavy (non-hydrogen) atoms. The molecule has 0 aliphatic carbocycles. The summed E-state index contributed by atoms with van der Waals surface area (Å²) in [6.45, 7) is 2.07. The number of hydrogen-bond acceptors (Lipinski definition) is 6. The molecule has 0 saturated carbocycles. The minimum atomic E-state index is -0.331. The van der Waals surface area contributed by atoms with Crippen LogP contribution in [0.4, 0.5) is 10.6 Å². The van der Waals surface area contributed by atoms with Crippen LogP contribution in [0, 0.1) is 0 Å². The fourth-order valence-corrected chi connectivity index (χ4v) is 3.57. The zero-order valence-electron chi connectivity index (χ0n) is 17.9. The summed E-state index contributed by atoms with van der Waals surface area (Å²) in [4.78, 5) is 40.8. The van der Waals surface area contributed by atoms with E-state index < -0.39 is 0 Å². The van der Waals surface area contributed by atoms with Gasteiger partial charge in [0.15, 0.2) is 11.0 Å². The Bertz CT molecular complexity index is 1110. The van der Waals surface area contributed by atoms with Crippen LogP contribution in [0.2, 0.25) is 5.15 Å². The van der Waals surface area contributed by atoms with Gasteiger partial charge in [-0.25, -0.2) is 19.7 Å². The number of nitrogens with one attached hydrogen (secondary N) is 1. The lowest BCUT2D eigenvalue weighted by molar-refractivity contribution is 0.0671. The second-order valence-corrected chi connectivity index (χ2v) is 7.73. The molecular weight excluding hydrogens is 444 g/mol. The monoisotopic (exact) mass is 466 g/mol. The first kappa shape index (κ1) is 22.5. The Hall–Kier alpha value is -3.72. The van der Waals surface area contributed by atoms with Crippen LogP contribution in [-0.2, 0) is 6.42 Å². The second kappa shape index (κ2) is 10.7. The number of rotatable bonds is 6. The van der Waals surface area contributed by atoms with Gasteiger partial charge in [0, 0.05) is 62.8 Å². The molecule has 9 nitrogen and oxygen atoms in total. The quantitative estimate of drug-likeness (QED) is 0.599. The Morgan fingerprint density at radius 2 is 1.67 bits per heavy atom. The standard InChI is InChI=1S/C23H23ClN6O3/c24-20-21(27-10-9-26-20)28-23(32)30-13-11-29(12-14-30)22(31)18-6-8-25-19(16-18)33-15-7-17-4-2-1-3-5-17/h1-6,8-10,16H,7,11-15H2,(H,27,28,32). The van der Waals surface area contributed by atoms with E-state index in [9.17, 15) is 9.59 Å². The van der Waals surface area contributed by atoms with Gasteiger partial charge in [0.1, 0.15) is 0 Å². The van der Waals surface area contributed by atoms with Crippen LogP contribution in [0.1, 0.15) is 15.9 Å². The Kier molecular flexibility index (Phi) is 7.31. The molecular formula is C23H23ClN6O3. The fraction of sp³-hybridized carbons (Fsp3) is 0.261. The number of carbonyl (C=O) groups excluding carboxylic acids is 2. The zero-order chi connectivity index (χ0) is 23.0. The molecule has 3 amide bonds. The van der Waals surface area contributed by atoms with Crippen LogP contribution in [0.15, 0.2) is 61.1 Å². The van der Waals surface area contributed by atoms with Crippen molar-refractivity contribution >= 4 is 29.4 Å². The maximum absolute atomic E-state index is 12.9. The van der Waals surface area contributed by atoms with Crippen molar-refractivity contribution in [1.82, 2.24) is 24.8 Å². The van der Waals surface area contributed by atoms with E-state index in [-0.39, 0.29) is 22.9 Å². The first-order chi connectivity index (χ1) is 16.1. The Labute approximate surface area is 196 Å². The van der Waals surface area contributed by atoms with Gasteiger partial charge in [0.25, 0.3) is 5.91 Å². The lowest BCUT2D eigenvalue weighted by Crippen LogP contribution is -2.51. The Balaban J connectivity index is 1.28. The molecule has 2 aromatic heterocycles. The minimum Gasteiger partial charge on any atom is -0.477 e. The molecule has 0 radical (unpaired) electrons. The van der Waals surface area contributed by atoms with Crippen molar-refractivity contribution in [2.24, 2.45) is 0 Å². The van der Waals surface area contributed by atoms with Crippen LogP contribution < -0.4 is 10.1 Å². The molecule has 0 unspecified atom stereocenters. The molecule has 1 saturated heterocycles. The van der Waals surface area contributed by atoms with Crippen molar-refractivity contribution in [3.05, 3.63) is 77.3 Å². The molecule has 3 aromatic rings. The molecule has 10 heteroatoms. The van der Waals surface area contributed by atoms with E-state index in [2.05, 4.69) is 20.3 Å². The Morgan fingerprint density at radius 1 is 0.939 bits per heavy atom. The Morgan fingerprint density at radius 3 is 2.42 bits per heavy atom. The zero-order valence-corrected chi connectivity index (χ0v) is 18.6. The van der Waals surface area contributed by atoms with Crippen molar-refractivity contribution in [1.29, 1.82) is 0 Å². The smallest absolute Gasteiger partial charge is 0.323 e. The third kappa shape index (κ3) is 5.95. The third-order valence-electron chi connectivity index (χ3n) is 5.20. The highest BCUT2D eigenvalue weighted by Gasteiger charge is 2.25.